The number of rotatable bonds is 1. The minimum absolute atomic E-state index is 0.0934. The van der Waals surface area contributed by atoms with Crippen LogP contribution in [-0.4, -0.2) is 5.78 Å². The highest BCUT2D eigenvalue weighted by Crippen LogP contribution is 2.50. The predicted molar refractivity (Wildman–Crippen MR) is 75.0 cm³/mol. The second-order valence-corrected chi connectivity index (χ2v) is 6.76. The summed E-state index contributed by atoms with van der Waals surface area (Å²) in [7, 11) is 0. The molecule has 0 bridgehead atoms. The molecule has 0 aliphatic heterocycles. The van der Waals surface area contributed by atoms with Crippen LogP contribution in [0.25, 0.3) is 0 Å². The number of Topliss-reactive ketones (excluding diaryl/α,β-unsaturated/α-hetero) is 1. The highest BCUT2D eigenvalue weighted by Gasteiger charge is 2.46. The molecule has 2 aliphatic carbocycles. The molecule has 19 heavy (non-hydrogen) atoms. The molecule has 0 aromatic carbocycles. The van der Waals surface area contributed by atoms with Crippen LogP contribution < -0.4 is 0 Å². The van der Waals surface area contributed by atoms with Gasteiger partial charge in [-0.25, -0.2) is 0 Å². The SMILES string of the molecule is CC(=O)C1CC2C(C=C1C)Cc1occc1C2(C)C. The van der Waals surface area contributed by atoms with Crippen molar-refractivity contribution in [2.24, 2.45) is 17.8 Å². The lowest BCUT2D eigenvalue weighted by atomic mass is 9.57. The largest absolute Gasteiger partial charge is 0.469 e. The number of furan rings is 1. The Labute approximate surface area is 114 Å². The van der Waals surface area contributed by atoms with E-state index in [2.05, 4.69) is 32.9 Å². The van der Waals surface area contributed by atoms with Crippen LogP contribution in [0.1, 0.15) is 45.4 Å². The van der Waals surface area contributed by atoms with Gasteiger partial charge in [-0.3, -0.25) is 4.79 Å². The molecule has 1 heterocycles. The standard InChI is InChI=1S/C17H22O2/c1-10-7-12-8-16-14(5-6-19-16)17(3,4)15(12)9-13(10)11(2)18/h5-7,12-13,15H,8-9H2,1-4H3. The first kappa shape index (κ1) is 12.7. The van der Waals surface area contributed by atoms with Gasteiger partial charge in [0, 0.05) is 12.3 Å². The molecule has 0 N–H and O–H groups in total. The number of ketones is 1. The molecule has 0 radical (unpaired) electrons. The number of allylic oxidation sites excluding steroid dienone is 2. The third-order valence-electron chi connectivity index (χ3n) is 5.31. The molecule has 2 heteroatoms. The van der Waals surface area contributed by atoms with E-state index in [1.165, 1.54) is 11.1 Å². The Morgan fingerprint density at radius 3 is 2.84 bits per heavy atom. The normalized spacial score (nSPS) is 32.2. The molecule has 2 nitrogen and oxygen atoms in total. The van der Waals surface area contributed by atoms with Crippen LogP contribution in [0.4, 0.5) is 0 Å². The topological polar surface area (TPSA) is 30.2 Å². The summed E-state index contributed by atoms with van der Waals surface area (Å²) < 4.78 is 5.65. The number of carbonyl (C=O) groups excluding carboxylic acids is 1. The van der Waals surface area contributed by atoms with E-state index in [0.717, 1.165) is 18.6 Å². The maximum Gasteiger partial charge on any atom is 0.136 e. The first-order valence-corrected chi connectivity index (χ1v) is 7.17. The lowest BCUT2D eigenvalue weighted by Crippen LogP contribution is -2.43. The number of carbonyl (C=O) groups is 1. The van der Waals surface area contributed by atoms with Crippen molar-refractivity contribution in [3.05, 3.63) is 35.3 Å². The summed E-state index contributed by atoms with van der Waals surface area (Å²) in [6.45, 7) is 8.42. The maximum atomic E-state index is 11.8. The fourth-order valence-electron chi connectivity index (χ4n) is 4.19. The molecular formula is C17H22O2. The van der Waals surface area contributed by atoms with Gasteiger partial charge in [0.1, 0.15) is 11.5 Å². The Morgan fingerprint density at radius 1 is 1.42 bits per heavy atom. The van der Waals surface area contributed by atoms with Crippen LogP contribution in [-0.2, 0) is 16.6 Å². The minimum Gasteiger partial charge on any atom is -0.469 e. The summed E-state index contributed by atoms with van der Waals surface area (Å²) in [6.07, 6.45) is 6.11. The Morgan fingerprint density at radius 2 is 2.16 bits per heavy atom. The molecule has 3 rings (SSSR count). The van der Waals surface area contributed by atoms with Gasteiger partial charge in [-0.2, -0.15) is 0 Å². The Kier molecular flexibility index (Phi) is 2.74. The number of fused-ring (bicyclic) bond motifs is 2. The molecule has 3 unspecified atom stereocenters. The van der Waals surface area contributed by atoms with E-state index in [4.69, 9.17) is 4.42 Å². The fourth-order valence-corrected chi connectivity index (χ4v) is 4.19. The van der Waals surface area contributed by atoms with Gasteiger partial charge in [-0.15, -0.1) is 0 Å². The van der Waals surface area contributed by atoms with Crippen molar-refractivity contribution in [3.63, 3.8) is 0 Å². The summed E-state index contributed by atoms with van der Waals surface area (Å²) in [5, 5.41) is 0. The van der Waals surface area contributed by atoms with Gasteiger partial charge in [0.15, 0.2) is 0 Å². The maximum absolute atomic E-state index is 11.8. The quantitative estimate of drug-likeness (QED) is 0.715. The predicted octanol–water partition coefficient (Wildman–Crippen LogP) is 3.90. The Hall–Kier alpha value is -1.31. The number of hydrogen-bond acceptors (Lipinski definition) is 2. The van der Waals surface area contributed by atoms with Gasteiger partial charge in [0.2, 0.25) is 0 Å². The van der Waals surface area contributed by atoms with Crippen LogP contribution in [0, 0.1) is 17.8 Å². The molecule has 3 atom stereocenters. The van der Waals surface area contributed by atoms with Crippen LogP contribution >= 0.6 is 0 Å². The third kappa shape index (κ3) is 1.80. The number of hydrogen-bond donors (Lipinski definition) is 0. The van der Waals surface area contributed by atoms with Gasteiger partial charge in [-0.05, 0) is 49.1 Å². The smallest absolute Gasteiger partial charge is 0.136 e. The van der Waals surface area contributed by atoms with E-state index in [0.29, 0.717) is 17.6 Å². The molecule has 2 aliphatic rings. The zero-order valence-corrected chi connectivity index (χ0v) is 12.2. The van der Waals surface area contributed by atoms with E-state index < -0.39 is 0 Å². The molecule has 0 spiro atoms. The lowest BCUT2D eigenvalue weighted by molar-refractivity contribution is -0.120. The fraction of sp³-hybridized carbons (Fsp3) is 0.588. The third-order valence-corrected chi connectivity index (χ3v) is 5.31. The van der Waals surface area contributed by atoms with E-state index in [1.807, 2.05) is 6.26 Å². The van der Waals surface area contributed by atoms with Crippen molar-refractivity contribution >= 4 is 5.78 Å². The van der Waals surface area contributed by atoms with E-state index in [9.17, 15) is 4.79 Å². The molecule has 0 saturated carbocycles. The zero-order valence-electron chi connectivity index (χ0n) is 12.2. The molecule has 0 fully saturated rings. The molecule has 0 amide bonds. The molecule has 102 valence electrons. The highest BCUT2D eigenvalue weighted by atomic mass is 16.3. The lowest BCUT2D eigenvalue weighted by Gasteiger charge is -2.46. The first-order chi connectivity index (χ1) is 8.91. The van der Waals surface area contributed by atoms with Crippen LogP contribution in [0.15, 0.2) is 28.4 Å². The van der Waals surface area contributed by atoms with Gasteiger partial charge >= 0.3 is 0 Å². The van der Waals surface area contributed by atoms with Crippen LogP contribution in [0.3, 0.4) is 0 Å². The van der Waals surface area contributed by atoms with Gasteiger partial charge in [0.25, 0.3) is 0 Å². The van der Waals surface area contributed by atoms with Gasteiger partial charge in [-0.1, -0.05) is 25.5 Å². The van der Waals surface area contributed by atoms with Gasteiger partial charge < -0.3 is 4.42 Å². The average molecular weight is 258 g/mol. The molecule has 1 aromatic heterocycles. The summed E-state index contributed by atoms with van der Waals surface area (Å²) in [5.74, 6) is 2.62. The van der Waals surface area contributed by atoms with Crippen molar-refractivity contribution in [2.75, 3.05) is 0 Å². The first-order valence-electron chi connectivity index (χ1n) is 7.17. The van der Waals surface area contributed by atoms with E-state index in [1.54, 1.807) is 6.92 Å². The summed E-state index contributed by atoms with van der Waals surface area (Å²) in [6, 6.07) is 2.11. The average Bonchev–Trinajstić information content (AvgIpc) is 2.76. The Bertz CT molecular complexity index is 547. The van der Waals surface area contributed by atoms with Crippen molar-refractivity contribution in [3.8, 4) is 0 Å². The van der Waals surface area contributed by atoms with Crippen molar-refractivity contribution < 1.29 is 9.21 Å². The van der Waals surface area contributed by atoms with Gasteiger partial charge in [0.05, 0.1) is 6.26 Å². The van der Waals surface area contributed by atoms with Crippen molar-refractivity contribution in [2.45, 2.75) is 46.0 Å². The van der Waals surface area contributed by atoms with Crippen LogP contribution in [0.2, 0.25) is 0 Å². The molecule has 0 saturated heterocycles. The van der Waals surface area contributed by atoms with Crippen molar-refractivity contribution in [1.29, 1.82) is 0 Å². The summed E-state index contributed by atoms with van der Waals surface area (Å²) in [5.41, 5.74) is 2.68. The Balaban J connectivity index is 2.04. The van der Waals surface area contributed by atoms with E-state index >= 15 is 0 Å². The van der Waals surface area contributed by atoms with Crippen LogP contribution in [0.5, 0.6) is 0 Å². The van der Waals surface area contributed by atoms with E-state index in [-0.39, 0.29) is 11.3 Å². The highest BCUT2D eigenvalue weighted by molar-refractivity contribution is 5.81. The monoisotopic (exact) mass is 258 g/mol. The molecule has 1 aromatic rings. The van der Waals surface area contributed by atoms with Crippen molar-refractivity contribution in [1.82, 2.24) is 0 Å². The summed E-state index contributed by atoms with van der Waals surface area (Å²) >= 11 is 0. The zero-order chi connectivity index (χ0) is 13.8. The second-order valence-electron chi connectivity index (χ2n) is 6.76. The molecular weight excluding hydrogens is 236 g/mol. The second kappa shape index (κ2) is 4.09. The summed E-state index contributed by atoms with van der Waals surface area (Å²) in [4.78, 5) is 11.8. The minimum atomic E-state index is 0.0934.